The Morgan fingerprint density at radius 1 is 1.26 bits per heavy atom. The molecule has 19 heavy (non-hydrogen) atoms. The SMILES string of the molecule is O=S(=O)(NC1CC2CCC(C1)N2)c1cncc(Br)c1. The molecular weight excluding hydrogens is 330 g/mol. The van der Waals surface area contributed by atoms with Crippen LogP contribution in [-0.4, -0.2) is 31.5 Å². The van der Waals surface area contributed by atoms with Crippen LogP contribution in [0.1, 0.15) is 25.7 Å². The van der Waals surface area contributed by atoms with Crippen LogP contribution in [0.5, 0.6) is 0 Å². The number of aromatic nitrogens is 1. The summed E-state index contributed by atoms with van der Waals surface area (Å²) < 4.78 is 28.1. The van der Waals surface area contributed by atoms with Crippen molar-refractivity contribution in [3.8, 4) is 0 Å². The van der Waals surface area contributed by atoms with Crippen molar-refractivity contribution < 1.29 is 8.42 Å². The summed E-state index contributed by atoms with van der Waals surface area (Å²) in [5.74, 6) is 0. The first-order valence-electron chi connectivity index (χ1n) is 6.42. The van der Waals surface area contributed by atoms with Crippen molar-refractivity contribution in [2.24, 2.45) is 0 Å². The lowest BCUT2D eigenvalue weighted by atomic mass is 10.0. The van der Waals surface area contributed by atoms with Gasteiger partial charge in [0.2, 0.25) is 10.0 Å². The molecule has 0 amide bonds. The van der Waals surface area contributed by atoms with Crippen LogP contribution < -0.4 is 10.0 Å². The largest absolute Gasteiger partial charge is 0.311 e. The molecule has 0 aromatic carbocycles. The number of halogens is 1. The van der Waals surface area contributed by atoms with Gasteiger partial charge in [-0.3, -0.25) is 4.98 Å². The molecule has 104 valence electrons. The number of sulfonamides is 1. The van der Waals surface area contributed by atoms with Gasteiger partial charge < -0.3 is 5.32 Å². The molecule has 3 rings (SSSR count). The van der Waals surface area contributed by atoms with Gasteiger partial charge in [0.1, 0.15) is 4.90 Å². The maximum Gasteiger partial charge on any atom is 0.242 e. The molecule has 7 heteroatoms. The molecule has 0 aliphatic carbocycles. The first-order valence-corrected chi connectivity index (χ1v) is 8.69. The van der Waals surface area contributed by atoms with Gasteiger partial charge in [0.25, 0.3) is 0 Å². The first kappa shape index (κ1) is 13.5. The Morgan fingerprint density at radius 2 is 1.95 bits per heavy atom. The van der Waals surface area contributed by atoms with Crippen molar-refractivity contribution in [1.29, 1.82) is 0 Å². The van der Waals surface area contributed by atoms with Gasteiger partial charge in [-0.2, -0.15) is 0 Å². The summed E-state index contributed by atoms with van der Waals surface area (Å²) >= 11 is 3.24. The van der Waals surface area contributed by atoms with Gasteiger partial charge in [-0.1, -0.05) is 0 Å². The van der Waals surface area contributed by atoms with E-state index in [1.54, 1.807) is 12.3 Å². The second kappa shape index (κ2) is 5.12. The van der Waals surface area contributed by atoms with E-state index in [1.807, 2.05) is 0 Å². The molecule has 0 saturated carbocycles. The summed E-state index contributed by atoms with van der Waals surface area (Å²) in [6.07, 6.45) is 7.00. The van der Waals surface area contributed by atoms with Crippen LogP contribution in [0.2, 0.25) is 0 Å². The minimum atomic E-state index is -3.47. The van der Waals surface area contributed by atoms with Crippen molar-refractivity contribution in [2.45, 2.75) is 48.7 Å². The summed E-state index contributed by atoms with van der Waals surface area (Å²) in [6.45, 7) is 0. The second-order valence-corrected chi connectivity index (χ2v) is 7.90. The maximum atomic E-state index is 12.3. The highest BCUT2D eigenvalue weighted by molar-refractivity contribution is 9.10. The molecule has 2 atom stereocenters. The summed E-state index contributed by atoms with van der Waals surface area (Å²) in [5, 5.41) is 3.50. The Kier molecular flexibility index (Phi) is 3.63. The lowest BCUT2D eigenvalue weighted by Crippen LogP contribution is -2.47. The van der Waals surface area contributed by atoms with Gasteiger partial charge in [0, 0.05) is 35.0 Å². The Hall–Kier alpha value is -0.500. The second-order valence-electron chi connectivity index (χ2n) is 5.27. The van der Waals surface area contributed by atoms with Crippen LogP contribution in [0.3, 0.4) is 0 Å². The summed E-state index contributed by atoms with van der Waals surface area (Å²) in [4.78, 5) is 4.12. The van der Waals surface area contributed by atoms with Gasteiger partial charge in [-0.25, -0.2) is 13.1 Å². The van der Waals surface area contributed by atoms with E-state index in [9.17, 15) is 8.42 Å². The number of pyridine rings is 1. The van der Waals surface area contributed by atoms with Crippen molar-refractivity contribution >= 4 is 26.0 Å². The zero-order valence-corrected chi connectivity index (χ0v) is 12.7. The highest BCUT2D eigenvalue weighted by Gasteiger charge is 2.35. The number of hydrogen-bond acceptors (Lipinski definition) is 4. The lowest BCUT2D eigenvalue weighted by Gasteiger charge is -2.29. The predicted octanol–water partition coefficient (Wildman–Crippen LogP) is 1.41. The third-order valence-electron chi connectivity index (χ3n) is 3.78. The van der Waals surface area contributed by atoms with E-state index in [1.165, 1.54) is 6.20 Å². The minimum Gasteiger partial charge on any atom is -0.311 e. The number of nitrogens with one attached hydrogen (secondary N) is 2. The van der Waals surface area contributed by atoms with E-state index in [4.69, 9.17) is 0 Å². The van der Waals surface area contributed by atoms with Gasteiger partial charge in [-0.15, -0.1) is 0 Å². The van der Waals surface area contributed by atoms with Crippen LogP contribution in [0, 0.1) is 0 Å². The molecule has 1 aromatic heterocycles. The van der Waals surface area contributed by atoms with Crippen LogP contribution in [-0.2, 0) is 10.0 Å². The molecule has 0 spiro atoms. The number of rotatable bonds is 3. The average molecular weight is 346 g/mol. The highest BCUT2D eigenvalue weighted by atomic mass is 79.9. The van der Waals surface area contributed by atoms with Crippen LogP contribution in [0.4, 0.5) is 0 Å². The zero-order chi connectivity index (χ0) is 13.5. The smallest absolute Gasteiger partial charge is 0.242 e. The molecule has 2 saturated heterocycles. The third-order valence-corrected chi connectivity index (χ3v) is 5.71. The number of piperidine rings is 1. The topological polar surface area (TPSA) is 71.1 Å². The number of hydrogen-bond donors (Lipinski definition) is 2. The van der Waals surface area contributed by atoms with Gasteiger partial charge in [0.15, 0.2) is 0 Å². The summed E-state index contributed by atoms with van der Waals surface area (Å²) in [6, 6.07) is 2.53. The highest BCUT2D eigenvalue weighted by Crippen LogP contribution is 2.27. The molecule has 5 nitrogen and oxygen atoms in total. The van der Waals surface area contributed by atoms with Gasteiger partial charge in [0.05, 0.1) is 0 Å². The summed E-state index contributed by atoms with van der Waals surface area (Å²) in [7, 11) is -3.47. The van der Waals surface area contributed by atoms with Crippen LogP contribution in [0.25, 0.3) is 0 Å². The minimum absolute atomic E-state index is 0.0303. The molecule has 3 heterocycles. The normalized spacial score (nSPS) is 30.5. The quantitative estimate of drug-likeness (QED) is 0.868. The fraction of sp³-hybridized carbons (Fsp3) is 0.583. The Balaban J connectivity index is 1.75. The Labute approximate surface area is 121 Å². The van der Waals surface area contributed by atoms with E-state index in [0.717, 1.165) is 25.7 Å². The zero-order valence-electron chi connectivity index (χ0n) is 10.3. The van der Waals surface area contributed by atoms with E-state index in [0.29, 0.717) is 16.6 Å². The molecular formula is C12H16BrN3O2S. The van der Waals surface area contributed by atoms with E-state index < -0.39 is 10.0 Å². The third kappa shape index (κ3) is 2.99. The number of nitrogens with zero attached hydrogens (tertiary/aromatic N) is 1. The van der Waals surface area contributed by atoms with Crippen molar-refractivity contribution in [3.05, 3.63) is 22.9 Å². The van der Waals surface area contributed by atoms with Crippen LogP contribution >= 0.6 is 15.9 Å². The van der Waals surface area contributed by atoms with Crippen molar-refractivity contribution in [2.75, 3.05) is 0 Å². The van der Waals surface area contributed by atoms with Crippen LogP contribution in [0.15, 0.2) is 27.8 Å². The molecule has 2 aliphatic rings. The van der Waals surface area contributed by atoms with Crippen molar-refractivity contribution in [1.82, 2.24) is 15.0 Å². The fourth-order valence-corrected chi connectivity index (χ4v) is 4.75. The molecule has 2 fully saturated rings. The van der Waals surface area contributed by atoms with E-state index in [2.05, 4.69) is 31.0 Å². The lowest BCUT2D eigenvalue weighted by molar-refractivity contribution is 0.345. The molecule has 0 radical (unpaired) electrons. The monoisotopic (exact) mass is 345 g/mol. The maximum absolute atomic E-state index is 12.3. The Bertz CT molecular complexity index is 566. The molecule has 2 aliphatic heterocycles. The van der Waals surface area contributed by atoms with E-state index >= 15 is 0 Å². The predicted molar refractivity (Wildman–Crippen MR) is 75.2 cm³/mol. The Morgan fingerprint density at radius 3 is 2.58 bits per heavy atom. The van der Waals surface area contributed by atoms with Gasteiger partial charge >= 0.3 is 0 Å². The molecule has 2 N–H and O–H groups in total. The molecule has 2 bridgehead atoms. The van der Waals surface area contributed by atoms with E-state index in [-0.39, 0.29) is 10.9 Å². The van der Waals surface area contributed by atoms with Crippen molar-refractivity contribution in [3.63, 3.8) is 0 Å². The standard InChI is InChI=1S/C12H16BrN3O2S/c13-8-3-12(7-14-6-8)19(17,18)16-11-4-9-1-2-10(5-11)15-9/h3,6-7,9-11,15-16H,1-2,4-5H2. The van der Waals surface area contributed by atoms with Gasteiger partial charge in [-0.05, 0) is 47.7 Å². The number of fused-ring (bicyclic) bond motifs is 2. The average Bonchev–Trinajstić information content (AvgIpc) is 2.68. The summed E-state index contributed by atoms with van der Waals surface area (Å²) in [5.41, 5.74) is 0. The fourth-order valence-electron chi connectivity index (χ4n) is 2.98. The molecule has 2 unspecified atom stereocenters. The molecule has 1 aromatic rings. The first-order chi connectivity index (χ1) is 9.03.